The molecule has 33 heavy (non-hydrogen) atoms. The van der Waals surface area contributed by atoms with Crippen LogP contribution in [0.2, 0.25) is 10.0 Å². The van der Waals surface area contributed by atoms with Gasteiger partial charge in [0.05, 0.1) is 23.7 Å². The number of rotatable bonds is 6. The molecule has 176 valence electrons. The van der Waals surface area contributed by atoms with Gasteiger partial charge in [-0.2, -0.15) is 10.1 Å². The number of aromatic nitrogens is 4. The highest BCUT2D eigenvalue weighted by Gasteiger charge is 2.37. The van der Waals surface area contributed by atoms with Crippen molar-refractivity contribution < 1.29 is 5.11 Å². The molecule has 4 heterocycles. The normalized spacial score (nSPS) is 20.9. The summed E-state index contributed by atoms with van der Waals surface area (Å²) in [6, 6.07) is 5.48. The van der Waals surface area contributed by atoms with Crippen LogP contribution in [0, 0.1) is 18.8 Å². The highest BCUT2D eigenvalue weighted by atomic mass is 35.5. The van der Waals surface area contributed by atoms with E-state index in [0.29, 0.717) is 21.9 Å². The molecule has 7 nitrogen and oxygen atoms in total. The average Bonchev–Trinajstić information content (AvgIpc) is 3.09. The number of piperidine rings is 1. The second-order valence-corrected chi connectivity index (χ2v) is 10.2. The number of aryl methyl sites for hydroxylation is 1. The summed E-state index contributed by atoms with van der Waals surface area (Å²) in [4.78, 5) is 14.3. The van der Waals surface area contributed by atoms with E-state index in [1.165, 1.54) is 12.8 Å². The van der Waals surface area contributed by atoms with Crippen molar-refractivity contribution in [3.8, 4) is 0 Å². The quantitative estimate of drug-likeness (QED) is 0.560. The van der Waals surface area contributed by atoms with Gasteiger partial charge in [-0.3, -0.25) is 0 Å². The molecule has 5 rings (SSSR count). The Kier molecular flexibility index (Phi) is 6.49. The number of halogens is 2. The highest BCUT2D eigenvalue weighted by Crippen LogP contribution is 2.34. The van der Waals surface area contributed by atoms with Gasteiger partial charge in [0.2, 0.25) is 5.95 Å². The number of fused-ring (bicyclic) bond motifs is 1. The summed E-state index contributed by atoms with van der Waals surface area (Å²) in [6.07, 6.45) is 4.38. The maximum absolute atomic E-state index is 9.27. The van der Waals surface area contributed by atoms with Crippen molar-refractivity contribution in [2.24, 2.45) is 11.8 Å². The SMILES string of the molecule is Cc1nn([C@H](C)c2ccc(Cl)cc2Cl)c2nc(N3CC([C@H]4CCCN(CCO)C4)C3)ncc12. The van der Waals surface area contributed by atoms with E-state index in [0.717, 1.165) is 61.0 Å². The zero-order valence-corrected chi connectivity index (χ0v) is 20.6. The molecule has 3 aromatic rings. The van der Waals surface area contributed by atoms with Gasteiger partial charge in [0.15, 0.2) is 5.65 Å². The minimum absolute atomic E-state index is 0.0856. The van der Waals surface area contributed by atoms with Crippen molar-refractivity contribution in [1.29, 1.82) is 0 Å². The van der Waals surface area contributed by atoms with E-state index in [-0.39, 0.29) is 12.6 Å². The Bertz CT molecular complexity index is 1140. The van der Waals surface area contributed by atoms with Crippen LogP contribution in [-0.4, -0.2) is 69.1 Å². The van der Waals surface area contributed by atoms with Crippen LogP contribution in [0.25, 0.3) is 11.0 Å². The van der Waals surface area contributed by atoms with Crippen LogP contribution in [0.1, 0.15) is 37.1 Å². The number of aliphatic hydroxyl groups is 1. The molecule has 0 bridgehead atoms. The second kappa shape index (κ2) is 9.37. The van der Waals surface area contributed by atoms with Crippen molar-refractivity contribution in [3.63, 3.8) is 0 Å². The Balaban J connectivity index is 1.35. The van der Waals surface area contributed by atoms with Gasteiger partial charge in [0, 0.05) is 42.4 Å². The van der Waals surface area contributed by atoms with Gasteiger partial charge >= 0.3 is 0 Å². The average molecular weight is 489 g/mol. The maximum Gasteiger partial charge on any atom is 0.227 e. The molecule has 1 N–H and O–H groups in total. The van der Waals surface area contributed by atoms with E-state index in [4.69, 9.17) is 33.3 Å². The molecule has 2 fully saturated rings. The summed E-state index contributed by atoms with van der Waals surface area (Å²) in [5.74, 6) is 2.10. The van der Waals surface area contributed by atoms with E-state index in [2.05, 4.69) is 21.7 Å². The van der Waals surface area contributed by atoms with Crippen molar-refractivity contribution in [2.45, 2.75) is 32.7 Å². The van der Waals surface area contributed by atoms with Crippen molar-refractivity contribution in [2.75, 3.05) is 44.2 Å². The van der Waals surface area contributed by atoms with Crippen LogP contribution >= 0.6 is 23.2 Å². The third-order valence-electron chi connectivity index (χ3n) is 7.22. The van der Waals surface area contributed by atoms with Gasteiger partial charge < -0.3 is 14.9 Å². The largest absolute Gasteiger partial charge is 0.395 e. The molecule has 2 aliphatic rings. The molecule has 0 unspecified atom stereocenters. The number of anilines is 1. The lowest BCUT2D eigenvalue weighted by atomic mass is 9.81. The van der Waals surface area contributed by atoms with Crippen LogP contribution < -0.4 is 4.90 Å². The predicted molar refractivity (Wildman–Crippen MR) is 132 cm³/mol. The molecule has 2 saturated heterocycles. The summed E-state index contributed by atoms with van der Waals surface area (Å²) in [5, 5.41) is 16.2. The van der Waals surface area contributed by atoms with E-state index < -0.39 is 0 Å². The minimum Gasteiger partial charge on any atom is -0.395 e. The van der Waals surface area contributed by atoms with Gasteiger partial charge in [-0.1, -0.05) is 29.3 Å². The van der Waals surface area contributed by atoms with E-state index in [9.17, 15) is 5.11 Å². The van der Waals surface area contributed by atoms with Crippen LogP contribution in [0.4, 0.5) is 5.95 Å². The van der Waals surface area contributed by atoms with E-state index >= 15 is 0 Å². The zero-order chi connectivity index (χ0) is 23.1. The van der Waals surface area contributed by atoms with Crippen molar-refractivity contribution in [1.82, 2.24) is 24.6 Å². The number of β-amino-alcohol motifs (C(OH)–C–C–N with tert-alkyl or cyclic N) is 1. The third-order valence-corrected chi connectivity index (χ3v) is 7.78. The molecular weight excluding hydrogens is 459 g/mol. The van der Waals surface area contributed by atoms with Crippen LogP contribution in [0.5, 0.6) is 0 Å². The molecule has 0 aliphatic carbocycles. The summed E-state index contributed by atoms with van der Waals surface area (Å²) < 4.78 is 1.94. The summed E-state index contributed by atoms with van der Waals surface area (Å²) in [6.45, 7) is 9.24. The van der Waals surface area contributed by atoms with Gasteiger partial charge in [0.1, 0.15) is 0 Å². The number of likely N-dealkylation sites (tertiary alicyclic amines) is 1. The first-order chi connectivity index (χ1) is 15.9. The molecular formula is C24H30Cl2N6O. The first-order valence-electron chi connectivity index (χ1n) is 11.7. The number of hydrogen-bond acceptors (Lipinski definition) is 6. The minimum atomic E-state index is -0.0856. The number of nitrogens with zero attached hydrogens (tertiary/aromatic N) is 6. The first-order valence-corrected chi connectivity index (χ1v) is 12.4. The summed E-state index contributed by atoms with van der Waals surface area (Å²) >= 11 is 12.6. The lowest BCUT2D eigenvalue weighted by Gasteiger charge is -2.46. The van der Waals surface area contributed by atoms with Crippen LogP contribution in [0.3, 0.4) is 0 Å². The topological polar surface area (TPSA) is 70.3 Å². The fourth-order valence-corrected chi connectivity index (χ4v) is 5.81. The fourth-order valence-electron chi connectivity index (χ4n) is 5.25. The van der Waals surface area contributed by atoms with Crippen molar-refractivity contribution >= 4 is 40.2 Å². The molecule has 2 aromatic heterocycles. The van der Waals surface area contributed by atoms with Gasteiger partial charge in [-0.05, 0) is 62.8 Å². The first kappa shape index (κ1) is 22.8. The van der Waals surface area contributed by atoms with Crippen LogP contribution in [-0.2, 0) is 0 Å². The maximum atomic E-state index is 9.27. The summed E-state index contributed by atoms with van der Waals surface area (Å²) in [7, 11) is 0. The Morgan fingerprint density at radius 2 is 2.00 bits per heavy atom. The highest BCUT2D eigenvalue weighted by molar-refractivity contribution is 6.35. The lowest BCUT2D eigenvalue weighted by molar-refractivity contribution is 0.101. The monoisotopic (exact) mass is 488 g/mol. The Morgan fingerprint density at radius 3 is 2.76 bits per heavy atom. The van der Waals surface area contributed by atoms with Gasteiger partial charge in [-0.15, -0.1) is 0 Å². The molecule has 0 spiro atoms. The molecule has 0 saturated carbocycles. The fraction of sp³-hybridized carbons (Fsp3) is 0.542. The smallest absolute Gasteiger partial charge is 0.227 e. The number of aliphatic hydroxyl groups excluding tert-OH is 1. The summed E-state index contributed by atoms with van der Waals surface area (Å²) in [5.41, 5.74) is 2.69. The number of benzene rings is 1. The van der Waals surface area contributed by atoms with Gasteiger partial charge in [0.25, 0.3) is 0 Å². The van der Waals surface area contributed by atoms with E-state index in [1.54, 1.807) is 6.07 Å². The van der Waals surface area contributed by atoms with Crippen LogP contribution in [0.15, 0.2) is 24.4 Å². The van der Waals surface area contributed by atoms with Crippen molar-refractivity contribution in [3.05, 3.63) is 45.7 Å². The molecule has 0 amide bonds. The Labute approximate surface area is 204 Å². The molecule has 0 radical (unpaired) electrons. The van der Waals surface area contributed by atoms with E-state index in [1.807, 2.05) is 29.9 Å². The zero-order valence-electron chi connectivity index (χ0n) is 19.1. The molecule has 9 heteroatoms. The lowest BCUT2D eigenvalue weighted by Crippen LogP contribution is -2.54. The number of hydrogen-bond donors (Lipinski definition) is 1. The molecule has 2 aliphatic heterocycles. The standard InChI is InChI=1S/C24H30Cl2N6O/c1-15-21-11-27-24(31-13-18(14-31)17-4-3-7-30(12-17)8-9-33)28-23(21)32(29-15)16(2)20-6-5-19(25)10-22(20)26/h5-6,10-11,16-18,33H,3-4,7-9,12-14H2,1-2H3/t16-,17+/m1/s1. The second-order valence-electron chi connectivity index (χ2n) is 9.37. The predicted octanol–water partition coefficient (Wildman–Crippen LogP) is 4.19. The van der Waals surface area contributed by atoms with Gasteiger partial charge in [-0.25, -0.2) is 9.67 Å². The third kappa shape index (κ3) is 4.44. The molecule has 1 aromatic carbocycles. The Hall–Kier alpha value is -1.93. The molecule has 2 atom stereocenters. The Morgan fingerprint density at radius 1 is 1.18 bits per heavy atom.